The highest BCUT2D eigenvalue weighted by atomic mass is 16.6. The van der Waals surface area contributed by atoms with Gasteiger partial charge >= 0.3 is 6.09 Å². The molecule has 9 heteroatoms. The fourth-order valence-electron chi connectivity index (χ4n) is 3.30. The molecule has 34 heavy (non-hydrogen) atoms. The number of hydrogen-bond donors (Lipinski definition) is 3. The maximum atomic E-state index is 13.4. The van der Waals surface area contributed by atoms with Gasteiger partial charge in [-0.2, -0.15) is 0 Å². The zero-order valence-electron chi connectivity index (χ0n) is 20.6. The van der Waals surface area contributed by atoms with E-state index >= 15 is 0 Å². The Labute approximate surface area is 201 Å². The van der Waals surface area contributed by atoms with Gasteiger partial charge in [-0.05, 0) is 38.8 Å². The Kier molecular flexibility index (Phi) is 11.1. The molecule has 0 aliphatic carbocycles. The van der Waals surface area contributed by atoms with Crippen molar-refractivity contribution >= 4 is 23.8 Å². The third-order valence-electron chi connectivity index (χ3n) is 4.87. The van der Waals surface area contributed by atoms with E-state index < -0.39 is 47.9 Å². The Morgan fingerprint density at radius 3 is 2.38 bits per heavy atom. The van der Waals surface area contributed by atoms with Gasteiger partial charge in [0.25, 0.3) is 0 Å². The number of hydrogen-bond acceptors (Lipinski definition) is 5. The predicted octanol–water partition coefficient (Wildman–Crippen LogP) is 2.24. The van der Waals surface area contributed by atoms with E-state index in [1.54, 1.807) is 45.0 Å². The molecule has 0 aliphatic heterocycles. The summed E-state index contributed by atoms with van der Waals surface area (Å²) in [4.78, 5) is 51.7. The third-order valence-corrected chi connectivity index (χ3v) is 4.87. The number of likely N-dealkylation sites (N-methyl/N-ethyl adjacent to an activating group) is 1. The van der Waals surface area contributed by atoms with Gasteiger partial charge in [0.05, 0.1) is 6.42 Å². The number of terminal acetylenes is 1. The lowest BCUT2D eigenvalue weighted by Crippen LogP contribution is -2.53. The van der Waals surface area contributed by atoms with Crippen LogP contribution >= 0.6 is 0 Å². The molecule has 1 rings (SSSR count). The van der Waals surface area contributed by atoms with Gasteiger partial charge in [0.2, 0.25) is 17.7 Å². The minimum absolute atomic E-state index is 0.426. The summed E-state index contributed by atoms with van der Waals surface area (Å²) in [6.45, 7) is 7.49. The molecule has 4 amide bonds. The summed E-state index contributed by atoms with van der Waals surface area (Å²) in [5, 5.41) is 5.24. The first kappa shape index (κ1) is 28.5. The second-order valence-corrected chi connectivity index (χ2v) is 8.95. The smallest absolute Gasteiger partial charge is 0.408 e. The summed E-state index contributed by atoms with van der Waals surface area (Å²) in [6.07, 6.45) is 7.00. The van der Waals surface area contributed by atoms with Crippen LogP contribution in [-0.2, 0) is 19.1 Å². The number of nitrogens with zero attached hydrogens (tertiary/aromatic N) is 1. The first-order chi connectivity index (χ1) is 15.9. The van der Waals surface area contributed by atoms with Crippen LogP contribution < -0.4 is 16.4 Å². The summed E-state index contributed by atoms with van der Waals surface area (Å²) in [5.74, 6) is 0.624. The summed E-state index contributed by atoms with van der Waals surface area (Å²) in [5.41, 5.74) is 5.39. The molecule has 1 aromatic rings. The maximum Gasteiger partial charge on any atom is 0.408 e. The number of primary amides is 1. The van der Waals surface area contributed by atoms with Crippen molar-refractivity contribution in [2.75, 3.05) is 13.6 Å². The SMILES string of the molecule is C#Cc1ccccc1C(C(=O)NCCCCC)N(C)C(=O)C(CC(N)=O)NC(=O)OC(C)(C)C. The highest BCUT2D eigenvalue weighted by Gasteiger charge is 2.35. The number of benzene rings is 1. The molecule has 0 bridgehead atoms. The van der Waals surface area contributed by atoms with Crippen molar-refractivity contribution < 1.29 is 23.9 Å². The Morgan fingerprint density at radius 2 is 1.82 bits per heavy atom. The molecular weight excluding hydrogens is 436 g/mol. The zero-order valence-corrected chi connectivity index (χ0v) is 20.6. The molecule has 0 saturated carbocycles. The second-order valence-electron chi connectivity index (χ2n) is 8.95. The zero-order chi connectivity index (χ0) is 25.9. The molecule has 0 fully saturated rings. The van der Waals surface area contributed by atoms with E-state index in [0.717, 1.165) is 24.2 Å². The quantitative estimate of drug-likeness (QED) is 0.336. The number of carbonyl (C=O) groups excluding carboxylic acids is 4. The van der Waals surface area contributed by atoms with Gasteiger partial charge in [-0.3, -0.25) is 14.4 Å². The number of nitrogens with one attached hydrogen (secondary N) is 2. The fraction of sp³-hybridized carbons (Fsp3) is 0.520. The normalized spacial score (nSPS) is 12.6. The topological polar surface area (TPSA) is 131 Å². The number of alkyl carbamates (subject to hydrolysis) is 1. The van der Waals surface area contributed by atoms with Gasteiger partial charge in [0.1, 0.15) is 17.7 Å². The van der Waals surface area contributed by atoms with Crippen molar-refractivity contribution in [3.05, 3.63) is 35.4 Å². The third kappa shape index (κ3) is 9.14. The van der Waals surface area contributed by atoms with Crippen LogP contribution in [0.1, 0.15) is 70.5 Å². The van der Waals surface area contributed by atoms with Crippen molar-refractivity contribution in [2.24, 2.45) is 5.73 Å². The highest BCUT2D eigenvalue weighted by Crippen LogP contribution is 2.24. The van der Waals surface area contributed by atoms with Gasteiger partial charge in [0, 0.05) is 19.2 Å². The molecule has 0 spiro atoms. The molecule has 186 valence electrons. The van der Waals surface area contributed by atoms with Crippen molar-refractivity contribution in [3.63, 3.8) is 0 Å². The van der Waals surface area contributed by atoms with Crippen LogP contribution in [0.5, 0.6) is 0 Å². The lowest BCUT2D eigenvalue weighted by molar-refractivity contribution is -0.141. The molecule has 0 saturated heterocycles. The molecular formula is C25H36N4O5. The summed E-state index contributed by atoms with van der Waals surface area (Å²) in [7, 11) is 1.41. The Morgan fingerprint density at radius 1 is 1.18 bits per heavy atom. The molecule has 0 aliphatic rings. The molecule has 4 N–H and O–H groups in total. The van der Waals surface area contributed by atoms with E-state index in [9.17, 15) is 19.2 Å². The number of unbranched alkanes of at least 4 members (excludes halogenated alkanes) is 2. The average Bonchev–Trinajstić information content (AvgIpc) is 2.74. The van der Waals surface area contributed by atoms with E-state index in [1.807, 2.05) is 0 Å². The molecule has 2 unspecified atom stereocenters. The number of ether oxygens (including phenoxy) is 1. The van der Waals surface area contributed by atoms with E-state index in [0.29, 0.717) is 17.7 Å². The number of amides is 4. The monoisotopic (exact) mass is 472 g/mol. The standard InChI is InChI=1S/C25H36N4O5/c1-7-9-12-15-27-22(31)21(18-14-11-10-13-17(18)8-2)29(6)23(32)19(16-20(26)30)28-24(33)34-25(3,4)5/h2,10-11,13-14,19,21H,7,9,12,15-16H2,1,3-6H3,(H2,26,30)(H,27,31)(H,28,33). The van der Waals surface area contributed by atoms with Gasteiger partial charge in [-0.15, -0.1) is 6.42 Å². The maximum absolute atomic E-state index is 13.4. The minimum atomic E-state index is -1.33. The first-order valence-electron chi connectivity index (χ1n) is 11.3. The van der Waals surface area contributed by atoms with Crippen molar-refractivity contribution in [2.45, 2.75) is 71.1 Å². The van der Waals surface area contributed by atoms with Crippen LogP contribution in [-0.4, -0.2) is 54.0 Å². The molecule has 1 aromatic carbocycles. The highest BCUT2D eigenvalue weighted by molar-refractivity contribution is 5.94. The van der Waals surface area contributed by atoms with E-state index in [4.69, 9.17) is 16.9 Å². The van der Waals surface area contributed by atoms with Crippen LogP contribution in [0.25, 0.3) is 0 Å². The summed E-state index contributed by atoms with van der Waals surface area (Å²) in [6, 6.07) is 4.37. The van der Waals surface area contributed by atoms with Gasteiger partial charge in [-0.1, -0.05) is 43.9 Å². The van der Waals surface area contributed by atoms with E-state index in [2.05, 4.69) is 23.5 Å². The fourth-order valence-corrected chi connectivity index (χ4v) is 3.30. The van der Waals surface area contributed by atoms with Crippen LogP contribution in [0.2, 0.25) is 0 Å². The predicted molar refractivity (Wildman–Crippen MR) is 129 cm³/mol. The number of carbonyl (C=O) groups is 4. The van der Waals surface area contributed by atoms with Crippen molar-refractivity contribution in [3.8, 4) is 12.3 Å². The Balaban J connectivity index is 3.27. The molecule has 0 heterocycles. The first-order valence-corrected chi connectivity index (χ1v) is 11.3. The number of nitrogens with two attached hydrogens (primary N) is 1. The van der Waals surface area contributed by atoms with Crippen molar-refractivity contribution in [1.82, 2.24) is 15.5 Å². The largest absolute Gasteiger partial charge is 0.444 e. The van der Waals surface area contributed by atoms with Crippen LogP contribution in [0.15, 0.2) is 24.3 Å². The molecule has 2 atom stereocenters. The lowest BCUT2D eigenvalue weighted by atomic mass is 9.97. The van der Waals surface area contributed by atoms with Crippen molar-refractivity contribution in [1.29, 1.82) is 0 Å². The number of rotatable bonds is 11. The van der Waals surface area contributed by atoms with E-state index in [1.165, 1.54) is 7.05 Å². The van der Waals surface area contributed by atoms with Gasteiger partial charge < -0.3 is 26.0 Å². The summed E-state index contributed by atoms with van der Waals surface area (Å²) >= 11 is 0. The van der Waals surface area contributed by atoms with Gasteiger partial charge in [-0.25, -0.2) is 4.79 Å². The lowest BCUT2D eigenvalue weighted by Gasteiger charge is -2.31. The molecule has 9 nitrogen and oxygen atoms in total. The Hall–Kier alpha value is -3.54. The van der Waals surface area contributed by atoms with E-state index in [-0.39, 0.29) is 0 Å². The van der Waals surface area contributed by atoms with Crippen LogP contribution in [0.4, 0.5) is 4.79 Å². The average molecular weight is 473 g/mol. The summed E-state index contributed by atoms with van der Waals surface area (Å²) < 4.78 is 5.21. The van der Waals surface area contributed by atoms with Crippen LogP contribution in [0.3, 0.4) is 0 Å². The van der Waals surface area contributed by atoms with Crippen LogP contribution in [0, 0.1) is 12.3 Å². The van der Waals surface area contributed by atoms with Gasteiger partial charge in [0.15, 0.2) is 0 Å². The molecule has 0 aromatic heterocycles. The Bertz CT molecular complexity index is 917. The second kappa shape index (κ2) is 13.2. The minimum Gasteiger partial charge on any atom is -0.444 e. The molecule has 0 radical (unpaired) electrons.